The minimum atomic E-state index is -0.228. The van der Waals surface area contributed by atoms with E-state index in [1.54, 1.807) is 0 Å². The van der Waals surface area contributed by atoms with Gasteiger partial charge in [-0.2, -0.15) is 0 Å². The van der Waals surface area contributed by atoms with Crippen molar-refractivity contribution in [1.82, 2.24) is 0 Å². The molecule has 2 heterocycles. The first kappa shape index (κ1) is 12.4. The van der Waals surface area contributed by atoms with Gasteiger partial charge in [-0.15, -0.1) is 0 Å². The van der Waals surface area contributed by atoms with Crippen molar-refractivity contribution in [2.45, 2.75) is 58.7 Å². The molecule has 2 saturated heterocycles. The molecule has 2 aliphatic rings. The van der Waals surface area contributed by atoms with Crippen molar-refractivity contribution < 1.29 is 9.47 Å². The van der Waals surface area contributed by atoms with Crippen molar-refractivity contribution in [3.05, 3.63) is 0 Å². The molecule has 16 heavy (non-hydrogen) atoms. The van der Waals surface area contributed by atoms with Crippen LogP contribution in [0, 0.1) is 17.3 Å². The van der Waals surface area contributed by atoms with Crippen molar-refractivity contribution in [1.29, 1.82) is 0 Å². The van der Waals surface area contributed by atoms with Crippen LogP contribution >= 0.6 is 0 Å². The third kappa shape index (κ3) is 1.72. The van der Waals surface area contributed by atoms with E-state index in [1.165, 1.54) is 0 Å². The molecule has 1 unspecified atom stereocenters. The molecule has 0 aliphatic carbocycles. The molecule has 2 rings (SSSR count). The fourth-order valence-corrected chi connectivity index (χ4v) is 3.48. The van der Waals surface area contributed by atoms with Crippen LogP contribution in [0.3, 0.4) is 0 Å². The smallest absolute Gasteiger partial charge is 0.112 e. The lowest BCUT2D eigenvalue weighted by atomic mass is 9.65. The van der Waals surface area contributed by atoms with Gasteiger partial charge in [-0.1, -0.05) is 27.7 Å². The summed E-state index contributed by atoms with van der Waals surface area (Å²) in [4.78, 5) is 0. The summed E-state index contributed by atoms with van der Waals surface area (Å²) in [6, 6.07) is -0.228. The zero-order valence-electron chi connectivity index (χ0n) is 10.9. The Morgan fingerprint density at radius 3 is 2.56 bits per heavy atom. The van der Waals surface area contributed by atoms with Crippen LogP contribution in [-0.4, -0.2) is 32.7 Å². The summed E-state index contributed by atoms with van der Waals surface area (Å²) in [6.45, 7) is 9.87. The maximum Gasteiger partial charge on any atom is 0.112 e. The second-order valence-electron chi connectivity index (χ2n) is 6.03. The molecule has 2 radical (unpaired) electrons. The van der Waals surface area contributed by atoms with Crippen LogP contribution in [0.5, 0.6) is 0 Å². The van der Waals surface area contributed by atoms with E-state index in [4.69, 9.17) is 17.3 Å². The van der Waals surface area contributed by atoms with Crippen LogP contribution in [-0.2, 0) is 9.47 Å². The van der Waals surface area contributed by atoms with Crippen molar-refractivity contribution >= 4 is 7.85 Å². The zero-order valence-corrected chi connectivity index (χ0v) is 10.9. The van der Waals surface area contributed by atoms with E-state index in [1.807, 2.05) is 0 Å². The lowest BCUT2D eigenvalue weighted by Crippen LogP contribution is -2.42. The van der Waals surface area contributed by atoms with Gasteiger partial charge in [0, 0.05) is 18.0 Å². The second-order valence-corrected chi connectivity index (χ2v) is 6.03. The molecule has 3 heteroatoms. The summed E-state index contributed by atoms with van der Waals surface area (Å²) in [7, 11) is 6.06. The molecule has 2 nitrogen and oxygen atoms in total. The van der Waals surface area contributed by atoms with Gasteiger partial charge in [0.25, 0.3) is 0 Å². The molecular weight excluding hydrogens is 199 g/mol. The highest BCUT2D eigenvalue weighted by molar-refractivity contribution is 6.11. The van der Waals surface area contributed by atoms with E-state index in [-0.39, 0.29) is 23.6 Å². The lowest BCUT2D eigenvalue weighted by molar-refractivity contribution is 0.000602. The molecule has 0 aromatic carbocycles. The molecule has 0 spiro atoms. The highest BCUT2D eigenvalue weighted by Crippen LogP contribution is 2.53. The molecule has 0 N–H and O–H groups in total. The Morgan fingerprint density at radius 2 is 2.00 bits per heavy atom. The van der Waals surface area contributed by atoms with E-state index in [0.29, 0.717) is 11.8 Å². The summed E-state index contributed by atoms with van der Waals surface area (Å²) >= 11 is 0. The number of ether oxygens (including phenoxy) is 2. The number of hydrogen-bond donors (Lipinski definition) is 0. The van der Waals surface area contributed by atoms with Gasteiger partial charge in [-0.25, -0.2) is 0 Å². The topological polar surface area (TPSA) is 18.5 Å². The fourth-order valence-electron chi connectivity index (χ4n) is 3.48. The largest absolute Gasteiger partial charge is 0.381 e. The van der Waals surface area contributed by atoms with Crippen molar-refractivity contribution in [3.63, 3.8) is 0 Å². The van der Waals surface area contributed by atoms with E-state index in [2.05, 4.69) is 27.7 Å². The Bertz CT molecular complexity index is 252. The first-order valence-electron chi connectivity index (χ1n) is 6.51. The molecule has 0 amide bonds. The maximum absolute atomic E-state index is 6.06. The zero-order chi connectivity index (χ0) is 11.9. The predicted molar refractivity (Wildman–Crippen MR) is 65.5 cm³/mol. The minimum absolute atomic E-state index is 0.108. The van der Waals surface area contributed by atoms with Crippen molar-refractivity contribution in [2.75, 3.05) is 6.61 Å². The average molecular weight is 222 g/mol. The number of rotatable bonds is 3. The van der Waals surface area contributed by atoms with Crippen molar-refractivity contribution in [2.24, 2.45) is 17.3 Å². The van der Waals surface area contributed by atoms with Gasteiger partial charge >= 0.3 is 0 Å². The monoisotopic (exact) mass is 222 g/mol. The van der Waals surface area contributed by atoms with Gasteiger partial charge < -0.3 is 9.47 Å². The van der Waals surface area contributed by atoms with Crippen LogP contribution < -0.4 is 0 Å². The standard InChI is InChI=1S/C13H23BO2/c1-8(2)7-10-13(9(3)4)5-6-15-11(13)12(14)16-10/h8-12H,5-7H2,1-4H3/t10-,11?,12-,13+/m1/s1. The number of fused-ring (bicyclic) bond motifs is 1. The van der Waals surface area contributed by atoms with E-state index in [0.717, 1.165) is 19.4 Å². The average Bonchev–Trinajstić information content (AvgIpc) is 2.68. The molecule has 90 valence electrons. The van der Waals surface area contributed by atoms with Gasteiger partial charge in [-0.05, 0) is 24.7 Å². The van der Waals surface area contributed by atoms with Crippen LogP contribution in [0.4, 0.5) is 0 Å². The first-order chi connectivity index (χ1) is 7.48. The minimum Gasteiger partial charge on any atom is -0.381 e. The van der Waals surface area contributed by atoms with Gasteiger partial charge in [0.05, 0.1) is 12.2 Å². The van der Waals surface area contributed by atoms with E-state index in [9.17, 15) is 0 Å². The van der Waals surface area contributed by atoms with Gasteiger partial charge in [-0.3, -0.25) is 0 Å². The van der Waals surface area contributed by atoms with Gasteiger partial charge in [0.15, 0.2) is 0 Å². The highest BCUT2D eigenvalue weighted by Gasteiger charge is 2.59. The molecule has 0 bridgehead atoms. The molecular formula is C13H23BO2. The summed E-state index contributed by atoms with van der Waals surface area (Å²) in [6.07, 6.45) is 2.57. The molecule has 0 saturated carbocycles. The molecule has 2 aliphatic heterocycles. The summed E-state index contributed by atoms with van der Waals surface area (Å²) in [5.74, 6) is 1.21. The maximum atomic E-state index is 6.06. The Kier molecular flexibility index (Phi) is 3.38. The summed E-state index contributed by atoms with van der Waals surface area (Å²) in [5.41, 5.74) is 0.156. The molecule has 2 fully saturated rings. The highest BCUT2D eigenvalue weighted by atomic mass is 16.6. The van der Waals surface area contributed by atoms with Crippen LogP contribution in [0.25, 0.3) is 0 Å². The first-order valence-corrected chi connectivity index (χ1v) is 6.51. The molecule has 4 atom stereocenters. The van der Waals surface area contributed by atoms with Gasteiger partial charge in [0.2, 0.25) is 0 Å². The van der Waals surface area contributed by atoms with E-state index < -0.39 is 0 Å². The third-order valence-corrected chi connectivity index (χ3v) is 4.34. The van der Waals surface area contributed by atoms with Crippen LogP contribution in [0.1, 0.15) is 40.5 Å². The number of hydrogen-bond acceptors (Lipinski definition) is 2. The Hall–Kier alpha value is -0.0151. The van der Waals surface area contributed by atoms with Crippen LogP contribution in [0.15, 0.2) is 0 Å². The van der Waals surface area contributed by atoms with Gasteiger partial charge in [0.1, 0.15) is 7.85 Å². The van der Waals surface area contributed by atoms with Crippen molar-refractivity contribution in [3.8, 4) is 0 Å². The Labute approximate surface area is 100 Å². The molecule has 0 aromatic heterocycles. The fraction of sp³-hybridized carbons (Fsp3) is 1.00. The third-order valence-electron chi connectivity index (χ3n) is 4.34. The predicted octanol–water partition coefficient (Wildman–Crippen LogP) is 2.36. The Balaban J connectivity index is 2.24. The van der Waals surface area contributed by atoms with Crippen LogP contribution in [0.2, 0.25) is 0 Å². The Morgan fingerprint density at radius 1 is 1.31 bits per heavy atom. The quantitative estimate of drug-likeness (QED) is 0.682. The lowest BCUT2D eigenvalue weighted by Gasteiger charge is -2.37. The normalized spacial score (nSPS) is 43.2. The van der Waals surface area contributed by atoms with E-state index >= 15 is 0 Å². The summed E-state index contributed by atoms with van der Waals surface area (Å²) in [5, 5.41) is 0. The second kappa shape index (κ2) is 4.34. The molecule has 0 aromatic rings. The summed E-state index contributed by atoms with van der Waals surface area (Å²) < 4.78 is 11.8. The SMILES string of the molecule is [B][C@@H]1O[C@H](CC(C)C)[C@@]2(C(C)C)CCOC12.